The summed E-state index contributed by atoms with van der Waals surface area (Å²) in [6.45, 7) is 2.29. The minimum absolute atomic E-state index is 0.0424. The highest BCUT2D eigenvalue weighted by Gasteiger charge is 2.47. The van der Waals surface area contributed by atoms with Crippen LogP contribution < -0.4 is 5.32 Å². The molecule has 8 heteroatoms. The van der Waals surface area contributed by atoms with Gasteiger partial charge < -0.3 is 20.1 Å². The molecule has 0 spiro atoms. The molecule has 1 saturated heterocycles. The van der Waals surface area contributed by atoms with Gasteiger partial charge in [-0.2, -0.15) is 0 Å². The van der Waals surface area contributed by atoms with E-state index >= 15 is 0 Å². The normalized spacial score (nSPS) is 16.8. The highest BCUT2D eigenvalue weighted by molar-refractivity contribution is 6.31. The standard InChI is InChI=1S/C28H28ClFN2O4/c1-18(24-17-21(29)16-19-4-2-3-5-23(19)24)31-26(34)25(10-15-33)28(20-6-8-22(30)9-7-20)11-13-32(14-12-28)27(35)36/h2-9,15-18,25H,10-14H2,1H3,(H,31,34)(H,35,36)/t18-,25?/m0/s1. The fraction of sp³-hybridized carbons (Fsp3) is 0.321. The van der Waals surface area contributed by atoms with Crippen molar-refractivity contribution in [2.24, 2.45) is 5.92 Å². The van der Waals surface area contributed by atoms with Crippen LogP contribution in [-0.2, 0) is 15.0 Å². The lowest BCUT2D eigenvalue weighted by Gasteiger charge is -2.45. The predicted molar refractivity (Wildman–Crippen MR) is 137 cm³/mol. The van der Waals surface area contributed by atoms with Crippen molar-refractivity contribution in [3.63, 3.8) is 0 Å². The number of rotatable bonds is 7. The maximum absolute atomic E-state index is 13.8. The number of hydrogen-bond donors (Lipinski definition) is 2. The minimum atomic E-state index is -1.03. The first-order valence-corrected chi connectivity index (χ1v) is 12.3. The number of fused-ring (bicyclic) bond motifs is 1. The summed E-state index contributed by atoms with van der Waals surface area (Å²) in [5, 5.41) is 15.0. The molecular weight excluding hydrogens is 483 g/mol. The molecule has 1 aliphatic rings. The van der Waals surface area contributed by atoms with E-state index in [2.05, 4.69) is 5.32 Å². The smallest absolute Gasteiger partial charge is 0.407 e. The van der Waals surface area contributed by atoms with Gasteiger partial charge in [-0.3, -0.25) is 4.79 Å². The molecule has 0 radical (unpaired) electrons. The number of nitrogens with one attached hydrogen (secondary N) is 1. The Hall–Kier alpha value is -3.45. The summed E-state index contributed by atoms with van der Waals surface area (Å²) in [5.74, 6) is -1.48. The number of nitrogens with zero attached hydrogens (tertiary/aromatic N) is 1. The number of carboxylic acid groups (broad SMARTS) is 1. The zero-order valence-electron chi connectivity index (χ0n) is 19.9. The zero-order chi connectivity index (χ0) is 25.9. The molecule has 3 aromatic rings. The Bertz CT molecular complexity index is 1270. The van der Waals surface area contributed by atoms with Crippen LogP contribution in [0.25, 0.3) is 10.8 Å². The van der Waals surface area contributed by atoms with Crippen LogP contribution >= 0.6 is 11.6 Å². The van der Waals surface area contributed by atoms with Crippen molar-refractivity contribution >= 4 is 40.7 Å². The summed E-state index contributed by atoms with van der Waals surface area (Å²) in [4.78, 5) is 38.4. The van der Waals surface area contributed by atoms with Crippen LogP contribution in [0.1, 0.15) is 43.4 Å². The molecule has 0 aromatic heterocycles. The molecule has 3 aromatic carbocycles. The lowest BCUT2D eigenvalue weighted by Crippen LogP contribution is -2.52. The van der Waals surface area contributed by atoms with E-state index in [0.29, 0.717) is 17.9 Å². The second kappa shape index (κ2) is 10.7. The van der Waals surface area contributed by atoms with Gasteiger partial charge in [-0.05, 0) is 65.9 Å². The van der Waals surface area contributed by atoms with E-state index < -0.39 is 29.3 Å². The van der Waals surface area contributed by atoms with Crippen molar-refractivity contribution < 1.29 is 23.9 Å². The topological polar surface area (TPSA) is 86.7 Å². The number of aldehydes is 1. The average Bonchev–Trinajstić information content (AvgIpc) is 2.87. The van der Waals surface area contributed by atoms with E-state index in [1.165, 1.54) is 17.0 Å². The number of likely N-dealkylation sites (tertiary alicyclic amines) is 1. The molecule has 188 valence electrons. The monoisotopic (exact) mass is 510 g/mol. The first kappa shape index (κ1) is 25.6. The van der Waals surface area contributed by atoms with Gasteiger partial charge >= 0.3 is 6.09 Å². The summed E-state index contributed by atoms with van der Waals surface area (Å²) in [7, 11) is 0. The highest BCUT2D eigenvalue weighted by Crippen LogP contribution is 2.44. The van der Waals surface area contributed by atoms with E-state index in [9.17, 15) is 23.9 Å². The van der Waals surface area contributed by atoms with Gasteiger partial charge in [0.2, 0.25) is 5.91 Å². The second-order valence-corrected chi connectivity index (χ2v) is 9.77. The summed E-state index contributed by atoms with van der Waals surface area (Å²) >= 11 is 6.35. The molecule has 1 unspecified atom stereocenters. The van der Waals surface area contributed by atoms with E-state index in [-0.39, 0.29) is 25.4 Å². The molecule has 0 bridgehead atoms. The molecule has 2 atom stereocenters. The summed E-state index contributed by atoms with van der Waals surface area (Å²) in [5.41, 5.74) is 0.755. The van der Waals surface area contributed by atoms with Crippen LogP contribution in [0, 0.1) is 11.7 Å². The highest BCUT2D eigenvalue weighted by atomic mass is 35.5. The van der Waals surface area contributed by atoms with Crippen LogP contribution in [0.15, 0.2) is 60.7 Å². The summed E-state index contributed by atoms with van der Waals surface area (Å²) in [6.07, 6.45) is 0.328. The zero-order valence-corrected chi connectivity index (χ0v) is 20.7. The van der Waals surface area contributed by atoms with E-state index in [4.69, 9.17) is 11.6 Å². The van der Waals surface area contributed by atoms with Crippen LogP contribution in [-0.4, -0.2) is 41.4 Å². The largest absolute Gasteiger partial charge is 0.465 e. The lowest BCUT2D eigenvalue weighted by atomic mass is 9.63. The maximum atomic E-state index is 13.8. The van der Waals surface area contributed by atoms with Gasteiger partial charge in [0, 0.05) is 29.9 Å². The van der Waals surface area contributed by atoms with E-state index in [1.807, 2.05) is 43.3 Å². The quantitative estimate of drug-likeness (QED) is 0.398. The van der Waals surface area contributed by atoms with E-state index in [1.54, 1.807) is 12.1 Å². The van der Waals surface area contributed by atoms with Gasteiger partial charge in [0.15, 0.2) is 0 Å². The fourth-order valence-electron chi connectivity index (χ4n) is 5.45. The van der Waals surface area contributed by atoms with Gasteiger partial charge in [0.25, 0.3) is 0 Å². The van der Waals surface area contributed by atoms with Gasteiger partial charge in [-0.15, -0.1) is 0 Å². The Morgan fingerprint density at radius 2 is 1.81 bits per heavy atom. The molecular formula is C28H28ClFN2O4. The Labute approximate surface area is 214 Å². The third-order valence-electron chi connectivity index (χ3n) is 7.34. The Morgan fingerprint density at radius 3 is 2.44 bits per heavy atom. The number of hydrogen-bond acceptors (Lipinski definition) is 3. The molecule has 36 heavy (non-hydrogen) atoms. The molecule has 0 aliphatic carbocycles. The number of carbonyl (C=O) groups excluding carboxylic acids is 2. The Morgan fingerprint density at radius 1 is 1.14 bits per heavy atom. The van der Waals surface area contributed by atoms with Crippen LogP contribution in [0.2, 0.25) is 5.02 Å². The number of amides is 2. The fourth-order valence-corrected chi connectivity index (χ4v) is 5.68. The molecule has 4 rings (SSSR count). The van der Waals surface area contributed by atoms with Gasteiger partial charge in [0.1, 0.15) is 12.1 Å². The van der Waals surface area contributed by atoms with Gasteiger partial charge in [-0.25, -0.2) is 9.18 Å². The number of carbonyl (C=O) groups is 3. The lowest BCUT2D eigenvalue weighted by molar-refractivity contribution is -0.131. The first-order valence-electron chi connectivity index (χ1n) is 11.9. The molecule has 6 nitrogen and oxygen atoms in total. The number of piperidine rings is 1. The van der Waals surface area contributed by atoms with Crippen molar-refractivity contribution in [1.29, 1.82) is 0 Å². The van der Waals surface area contributed by atoms with Gasteiger partial charge in [-0.1, -0.05) is 48.0 Å². The van der Waals surface area contributed by atoms with Gasteiger partial charge in [0.05, 0.1) is 12.0 Å². The van der Waals surface area contributed by atoms with Crippen LogP contribution in [0.4, 0.5) is 9.18 Å². The Balaban J connectivity index is 1.69. The molecule has 1 aliphatic heterocycles. The predicted octanol–water partition coefficient (Wildman–Crippen LogP) is 5.73. The minimum Gasteiger partial charge on any atom is -0.465 e. The van der Waals surface area contributed by atoms with Crippen molar-refractivity contribution in [2.75, 3.05) is 13.1 Å². The van der Waals surface area contributed by atoms with Crippen molar-refractivity contribution in [1.82, 2.24) is 10.2 Å². The third kappa shape index (κ3) is 5.07. The summed E-state index contributed by atoms with van der Waals surface area (Å²) < 4.78 is 13.7. The van der Waals surface area contributed by atoms with Crippen LogP contribution in [0.5, 0.6) is 0 Å². The SMILES string of the molecule is C[C@H](NC(=O)C(CC=O)C1(c2ccc(F)cc2)CCN(C(=O)O)CC1)c1cc(Cl)cc2ccccc12. The molecule has 0 saturated carbocycles. The number of benzene rings is 3. The summed E-state index contributed by atoms with van der Waals surface area (Å²) in [6, 6.07) is 17.0. The first-order chi connectivity index (χ1) is 17.2. The molecule has 2 amide bonds. The van der Waals surface area contributed by atoms with Crippen LogP contribution in [0.3, 0.4) is 0 Å². The van der Waals surface area contributed by atoms with Crippen molar-refractivity contribution in [3.05, 3.63) is 82.6 Å². The van der Waals surface area contributed by atoms with E-state index in [0.717, 1.165) is 28.2 Å². The molecule has 2 N–H and O–H groups in total. The Kier molecular flexibility index (Phi) is 7.59. The molecule has 1 fully saturated rings. The molecule has 1 heterocycles. The third-order valence-corrected chi connectivity index (χ3v) is 7.56. The van der Waals surface area contributed by atoms with Crippen molar-refractivity contribution in [2.45, 2.75) is 37.6 Å². The van der Waals surface area contributed by atoms with Crippen molar-refractivity contribution in [3.8, 4) is 0 Å². The maximum Gasteiger partial charge on any atom is 0.407 e. The second-order valence-electron chi connectivity index (χ2n) is 9.33. The number of halogens is 2. The average molecular weight is 511 g/mol.